The number of anilines is 1. The van der Waals surface area contributed by atoms with Crippen LogP contribution in [0.15, 0.2) is 24.3 Å². The Balaban J connectivity index is 2.49. The first-order valence-electron chi connectivity index (χ1n) is 4.28. The zero-order valence-electron chi connectivity index (χ0n) is 7.41. The van der Waals surface area contributed by atoms with E-state index < -0.39 is 0 Å². The summed E-state index contributed by atoms with van der Waals surface area (Å²) >= 11 is 0. The minimum absolute atomic E-state index is 0.640. The minimum atomic E-state index is 0.640. The molecule has 1 aromatic carbocycles. The average molecular weight is 172 g/mol. The number of benzene rings is 1. The van der Waals surface area contributed by atoms with E-state index in [0.717, 1.165) is 17.4 Å². The summed E-state index contributed by atoms with van der Waals surface area (Å²) in [6, 6.07) is 7.81. The molecule has 1 radical (unpaired) electrons. The van der Waals surface area contributed by atoms with E-state index in [1.165, 1.54) is 0 Å². The second kappa shape index (κ2) is 3.39. The van der Waals surface area contributed by atoms with Crippen molar-refractivity contribution in [2.75, 3.05) is 11.9 Å². The van der Waals surface area contributed by atoms with Crippen LogP contribution in [-0.2, 0) is 0 Å². The Morgan fingerprint density at radius 2 is 2.23 bits per heavy atom. The molecule has 0 amide bonds. The monoisotopic (exact) mass is 172 g/mol. The van der Waals surface area contributed by atoms with E-state index in [1.54, 1.807) is 0 Å². The second-order valence-electron chi connectivity index (χ2n) is 2.71. The third-order valence-electron chi connectivity index (χ3n) is 1.75. The smallest absolute Gasteiger partial charge is 0.223 e. The van der Waals surface area contributed by atoms with Gasteiger partial charge in [-0.2, -0.15) is 0 Å². The Kier molecular flexibility index (Phi) is 2.08. The van der Waals surface area contributed by atoms with E-state index in [2.05, 4.69) is 21.5 Å². The average Bonchev–Trinajstić information content (AvgIpc) is 2.18. The molecule has 65 valence electrons. The van der Waals surface area contributed by atoms with Crippen LogP contribution in [0.2, 0.25) is 0 Å². The highest BCUT2D eigenvalue weighted by atomic mass is 15.1. The van der Waals surface area contributed by atoms with Crippen molar-refractivity contribution in [1.29, 1.82) is 0 Å². The quantitative estimate of drug-likeness (QED) is 0.751. The van der Waals surface area contributed by atoms with Crippen LogP contribution in [-0.4, -0.2) is 16.5 Å². The predicted octanol–water partition coefficient (Wildman–Crippen LogP) is 1.86. The van der Waals surface area contributed by atoms with Gasteiger partial charge < -0.3 is 5.32 Å². The Labute approximate surface area is 76.8 Å². The fraction of sp³-hybridized carbons (Fsp3) is 0.200. The van der Waals surface area contributed by atoms with Crippen LogP contribution in [0.5, 0.6) is 0 Å². The summed E-state index contributed by atoms with van der Waals surface area (Å²) in [6.07, 6.45) is 2.93. The molecule has 1 heterocycles. The van der Waals surface area contributed by atoms with Crippen molar-refractivity contribution in [1.82, 2.24) is 9.97 Å². The first kappa shape index (κ1) is 7.98. The number of aromatic nitrogens is 2. The normalized spacial score (nSPS) is 10.2. The molecule has 0 unspecified atom stereocenters. The standard InChI is InChI=1S/C10H10N3/c1-2-11-10-12-7-8-5-3-4-6-9(8)13-10/h3-6H,2H2,1H3,(H,11,12,13). The van der Waals surface area contributed by atoms with E-state index in [0.29, 0.717) is 5.95 Å². The van der Waals surface area contributed by atoms with Gasteiger partial charge in [0, 0.05) is 11.9 Å². The summed E-state index contributed by atoms with van der Waals surface area (Å²) in [5.74, 6) is 0.640. The van der Waals surface area contributed by atoms with Gasteiger partial charge in [-0.05, 0) is 13.0 Å². The lowest BCUT2D eigenvalue weighted by Crippen LogP contribution is -2.01. The van der Waals surface area contributed by atoms with E-state index in [1.807, 2.05) is 31.2 Å². The maximum absolute atomic E-state index is 4.31. The lowest BCUT2D eigenvalue weighted by Gasteiger charge is -2.01. The van der Waals surface area contributed by atoms with Gasteiger partial charge in [0.25, 0.3) is 0 Å². The number of fused-ring (bicyclic) bond motifs is 1. The number of nitrogens with one attached hydrogen (secondary N) is 1. The third kappa shape index (κ3) is 1.59. The summed E-state index contributed by atoms with van der Waals surface area (Å²) in [4.78, 5) is 8.36. The van der Waals surface area contributed by atoms with Crippen LogP contribution in [0.1, 0.15) is 6.92 Å². The molecular weight excluding hydrogens is 162 g/mol. The molecule has 0 saturated heterocycles. The Hall–Kier alpha value is -1.64. The van der Waals surface area contributed by atoms with Gasteiger partial charge in [0.2, 0.25) is 5.95 Å². The maximum atomic E-state index is 4.31. The van der Waals surface area contributed by atoms with Gasteiger partial charge in [0.05, 0.1) is 5.52 Å². The summed E-state index contributed by atoms with van der Waals surface area (Å²) in [5.41, 5.74) is 0.924. The van der Waals surface area contributed by atoms with Crippen LogP contribution in [0, 0.1) is 6.20 Å². The SMILES string of the molecule is CCNc1n[c]c2ccccc2n1. The van der Waals surface area contributed by atoms with Gasteiger partial charge in [-0.1, -0.05) is 18.2 Å². The highest BCUT2D eigenvalue weighted by Gasteiger charge is 1.96. The summed E-state index contributed by atoms with van der Waals surface area (Å²) in [7, 11) is 0. The third-order valence-corrected chi connectivity index (χ3v) is 1.75. The van der Waals surface area contributed by atoms with Crippen LogP contribution in [0.3, 0.4) is 0 Å². The molecule has 3 heteroatoms. The Morgan fingerprint density at radius 1 is 1.38 bits per heavy atom. The first-order valence-corrected chi connectivity index (χ1v) is 4.28. The lowest BCUT2D eigenvalue weighted by atomic mass is 10.2. The topological polar surface area (TPSA) is 37.8 Å². The van der Waals surface area contributed by atoms with E-state index >= 15 is 0 Å². The molecule has 0 aliphatic rings. The van der Waals surface area contributed by atoms with Crippen LogP contribution in [0.25, 0.3) is 10.9 Å². The van der Waals surface area contributed by atoms with Crippen molar-refractivity contribution in [2.45, 2.75) is 6.92 Å². The fourth-order valence-electron chi connectivity index (χ4n) is 1.16. The van der Waals surface area contributed by atoms with Crippen LogP contribution in [0.4, 0.5) is 5.95 Å². The molecule has 13 heavy (non-hydrogen) atoms. The van der Waals surface area contributed by atoms with Crippen LogP contribution < -0.4 is 5.32 Å². The van der Waals surface area contributed by atoms with Gasteiger partial charge in [-0.15, -0.1) is 0 Å². The van der Waals surface area contributed by atoms with E-state index in [-0.39, 0.29) is 0 Å². The molecule has 1 N–H and O–H groups in total. The Morgan fingerprint density at radius 3 is 3.08 bits per heavy atom. The number of hydrogen-bond donors (Lipinski definition) is 1. The van der Waals surface area contributed by atoms with Crippen molar-refractivity contribution in [2.24, 2.45) is 0 Å². The highest BCUT2D eigenvalue weighted by Crippen LogP contribution is 2.10. The zero-order valence-corrected chi connectivity index (χ0v) is 7.41. The molecule has 0 spiro atoms. The van der Waals surface area contributed by atoms with Crippen molar-refractivity contribution >= 4 is 16.9 Å². The largest absolute Gasteiger partial charge is 0.354 e. The number of hydrogen-bond acceptors (Lipinski definition) is 3. The minimum Gasteiger partial charge on any atom is -0.354 e. The summed E-state index contributed by atoms with van der Waals surface area (Å²) < 4.78 is 0. The second-order valence-corrected chi connectivity index (χ2v) is 2.71. The van der Waals surface area contributed by atoms with Crippen molar-refractivity contribution in [3.8, 4) is 0 Å². The predicted molar refractivity (Wildman–Crippen MR) is 52.5 cm³/mol. The molecule has 3 nitrogen and oxygen atoms in total. The van der Waals surface area contributed by atoms with Crippen molar-refractivity contribution in [3.63, 3.8) is 0 Å². The molecule has 2 rings (SSSR count). The van der Waals surface area contributed by atoms with Crippen LogP contribution >= 0.6 is 0 Å². The number of rotatable bonds is 2. The van der Waals surface area contributed by atoms with Gasteiger partial charge in [0.1, 0.15) is 6.20 Å². The lowest BCUT2D eigenvalue weighted by molar-refractivity contribution is 1.10. The van der Waals surface area contributed by atoms with Crippen molar-refractivity contribution < 1.29 is 0 Å². The summed E-state index contributed by atoms with van der Waals surface area (Å²) in [5, 5.41) is 3.99. The molecule has 0 fully saturated rings. The molecule has 0 saturated carbocycles. The number of nitrogens with zero attached hydrogens (tertiary/aromatic N) is 2. The van der Waals surface area contributed by atoms with Crippen molar-refractivity contribution in [3.05, 3.63) is 30.5 Å². The van der Waals surface area contributed by atoms with E-state index in [4.69, 9.17) is 0 Å². The highest BCUT2D eigenvalue weighted by molar-refractivity contribution is 5.77. The van der Waals surface area contributed by atoms with Gasteiger partial charge in [-0.25, -0.2) is 9.97 Å². The molecule has 0 bridgehead atoms. The maximum Gasteiger partial charge on any atom is 0.223 e. The van der Waals surface area contributed by atoms with Gasteiger partial charge >= 0.3 is 0 Å². The van der Waals surface area contributed by atoms with Gasteiger partial charge in [-0.3, -0.25) is 0 Å². The molecule has 0 aliphatic heterocycles. The fourth-order valence-corrected chi connectivity index (χ4v) is 1.16. The first-order chi connectivity index (χ1) is 6.40. The molecule has 0 aliphatic carbocycles. The van der Waals surface area contributed by atoms with E-state index in [9.17, 15) is 0 Å². The summed E-state index contributed by atoms with van der Waals surface area (Å²) in [6.45, 7) is 2.84. The van der Waals surface area contributed by atoms with Gasteiger partial charge in [0.15, 0.2) is 0 Å². The molecular formula is C10H10N3. The molecule has 1 aromatic heterocycles. The number of para-hydroxylation sites is 1. The zero-order chi connectivity index (χ0) is 9.10. The molecule has 2 aromatic rings. The molecule has 0 atom stereocenters. The Bertz CT molecular complexity index is 412.